The van der Waals surface area contributed by atoms with Gasteiger partial charge in [-0.2, -0.15) is 4.98 Å². The number of hydrogen-bond acceptors (Lipinski definition) is 8. The predicted octanol–water partition coefficient (Wildman–Crippen LogP) is 1.01. The molecule has 3 N–H and O–H groups in total. The molecule has 110 valence electrons. The van der Waals surface area contributed by atoms with Gasteiger partial charge < -0.3 is 9.47 Å². The molecule has 0 radical (unpaired) electrons. The Balaban J connectivity index is 2.20. The first kappa shape index (κ1) is 14.4. The Hall–Kier alpha value is -2.00. The summed E-state index contributed by atoms with van der Waals surface area (Å²) in [5, 5.41) is 11.0. The molecular weight excluding hydrogens is 266 g/mol. The molecule has 0 bridgehead atoms. The second-order valence-corrected chi connectivity index (χ2v) is 4.75. The lowest BCUT2D eigenvalue weighted by Crippen LogP contribution is -2.36. The van der Waals surface area contributed by atoms with Gasteiger partial charge in [-0.1, -0.05) is 0 Å². The van der Waals surface area contributed by atoms with Gasteiger partial charge in [0.05, 0.1) is 17.1 Å². The molecule has 2 heterocycles. The molecule has 1 saturated heterocycles. The minimum absolute atomic E-state index is 0.0387. The highest BCUT2D eigenvalue weighted by Gasteiger charge is 2.29. The van der Waals surface area contributed by atoms with Gasteiger partial charge in [0.1, 0.15) is 12.3 Å². The van der Waals surface area contributed by atoms with Crippen LogP contribution in [0, 0.1) is 10.1 Å². The summed E-state index contributed by atoms with van der Waals surface area (Å²) in [5.41, 5.74) is 1.96. The molecule has 1 aliphatic rings. The van der Waals surface area contributed by atoms with Crippen LogP contribution in [0.1, 0.15) is 26.7 Å². The predicted molar refractivity (Wildman–Crippen MR) is 70.2 cm³/mol. The summed E-state index contributed by atoms with van der Waals surface area (Å²) < 4.78 is 11.3. The van der Waals surface area contributed by atoms with Crippen LogP contribution < -0.4 is 16.0 Å². The van der Waals surface area contributed by atoms with Crippen molar-refractivity contribution in [1.29, 1.82) is 0 Å². The van der Waals surface area contributed by atoms with E-state index in [1.54, 1.807) is 0 Å². The van der Waals surface area contributed by atoms with Crippen LogP contribution in [0.5, 0.6) is 5.88 Å². The molecule has 1 aromatic heterocycles. The van der Waals surface area contributed by atoms with Crippen LogP contribution in [0.15, 0.2) is 6.20 Å². The van der Waals surface area contributed by atoms with Crippen molar-refractivity contribution >= 4 is 11.6 Å². The maximum absolute atomic E-state index is 11.0. The number of nitrogens with two attached hydrogens (primary N) is 1. The van der Waals surface area contributed by atoms with Gasteiger partial charge in [-0.15, -0.1) is 0 Å². The van der Waals surface area contributed by atoms with Crippen LogP contribution in [0.3, 0.4) is 0 Å². The summed E-state index contributed by atoms with van der Waals surface area (Å²) in [6, 6.07) is 0. The summed E-state index contributed by atoms with van der Waals surface area (Å²) in [5.74, 6) is 5.19. The molecule has 9 heteroatoms. The SMILES string of the molecule is CC1CC(Oc2nc(NN)ncc2[N+](=O)[O-])CC(C)O1. The van der Waals surface area contributed by atoms with Crippen molar-refractivity contribution < 1.29 is 14.4 Å². The molecule has 1 fully saturated rings. The van der Waals surface area contributed by atoms with Crippen molar-refractivity contribution in [3.8, 4) is 5.88 Å². The number of hydrazine groups is 1. The molecule has 0 aliphatic carbocycles. The van der Waals surface area contributed by atoms with Crippen molar-refractivity contribution in [2.75, 3.05) is 5.43 Å². The molecule has 1 aliphatic heterocycles. The van der Waals surface area contributed by atoms with Crippen molar-refractivity contribution in [1.82, 2.24) is 9.97 Å². The zero-order valence-electron chi connectivity index (χ0n) is 11.3. The third kappa shape index (κ3) is 3.31. The zero-order chi connectivity index (χ0) is 14.7. The van der Waals surface area contributed by atoms with E-state index in [4.69, 9.17) is 15.3 Å². The molecule has 20 heavy (non-hydrogen) atoms. The number of aromatic nitrogens is 2. The Morgan fingerprint density at radius 2 is 2.15 bits per heavy atom. The summed E-state index contributed by atoms with van der Waals surface area (Å²) >= 11 is 0. The Morgan fingerprint density at radius 3 is 2.70 bits per heavy atom. The highest BCUT2D eigenvalue weighted by atomic mass is 16.6. The van der Waals surface area contributed by atoms with Gasteiger partial charge in [0.2, 0.25) is 5.95 Å². The van der Waals surface area contributed by atoms with E-state index in [1.807, 2.05) is 13.8 Å². The maximum atomic E-state index is 11.0. The van der Waals surface area contributed by atoms with Crippen LogP contribution >= 0.6 is 0 Å². The largest absolute Gasteiger partial charge is 0.469 e. The summed E-state index contributed by atoms with van der Waals surface area (Å²) in [6.45, 7) is 3.88. The Bertz CT molecular complexity index is 488. The molecule has 2 atom stereocenters. The number of ether oxygens (including phenoxy) is 2. The van der Waals surface area contributed by atoms with E-state index < -0.39 is 4.92 Å². The number of rotatable bonds is 4. The molecule has 2 unspecified atom stereocenters. The first-order valence-corrected chi connectivity index (χ1v) is 6.29. The Labute approximate surface area is 115 Å². The van der Waals surface area contributed by atoms with Gasteiger partial charge in [-0.3, -0.25) is 15.5 Å². The van der Waals surface area contributed by atoms with E-state index in [2.05, 4.69) is 15.4 Å². The van der Waals surface area contributed by atoms with Crippen LogP contribution in [-0.4, -0.2) is 33.2 Å². The van der Waals surface area contributed by atoms with Crippen LogP contribution in [0.4, 0.5) is 11.6 Å². The average molecular weight is 283 g/mol. The standard InChI is InChI=1S/C11H17N5O4/c1-6-3-8(4-7(2)19-6)20-10-9(16(17)18)5-13-11(14-10)15-12/h5-8H,3-4,12H2,1-2H3,(H,13,14,15). The normalized spacial score (nSPS) is 26.1. The lowest BCUT2D eigenvalue weighted by Gasteiger charge is -2.31. The fourth-order valence-corrected chi connectivity index (χ4v) is 2.24. The molecular formula is C11H17N5O4. The third-order valence-electron chi connectivity index (χ3n) is 2.99. The number of nitrogen functional groups attached to an aromatic ring is 1. The van der Waals surface area contributed by atoms with Crippen molar-refractivity contribution in [3.63, 3.8) is 0 Å². The molecule has 1 aromatic rings. The monoisotopic (exact) mass is 283 g/mol. The number of hydrogen-bond donors (Lipinski definition) is 2. The quantitative estimate of drug-likeness (QED) is 0.476. The lowest BCUT2D eigenvalue weighted by molar-refractivity contribution is -0.386. The van der Waals surface area contributed by atoms with Crippen LogP contribution in [-0.2, 0) is 4.74 Å². The number of nitro groups is 1. The number of nitrogens with one attached hydrogen (secondary N) is 1. The van der Waals surface area contributed by atoms with Crippen LogP contribution in [0.25, 0.3) is 0 Å². The molecule has 0 aromatic carbocycles. The molecule has 2 rings (SSSR count). The lowest BCUT2D eigenvalue weighted by atomic mass is 10.0. The van der Waals surface area contributed by atoms with E-state index >= 15 is 0 Å². The van der Waals surface area contributed by atoms with E-state index in [1.165, 1.54) is 0 Å². The van der Waals surface area contributed by atoms with Gasteiger partial charge in [-0.05, 0) is 13.8 Å². The van der Waals surface area contributed by atoms with E-state index in [0.29, 0.717) is 12.8 Å². The van der Waals surface area contributed by atoms with Crippen molar-refractivity contribution in [3.05, 3.63) is 16.3 Å². The summed E-state index contributed by atoms with van der Waals surface area (Å²) in [4.78, 5) is 18.0. The minimum atomic E-state index is -0.582. The van der Waals surface area contributed by atoms with Gasteiger partial charge in [0.15, 0.2) is 0 Å². The number of anilines is 1. The topological polar surface area (TPSA) is 125 Å². The summed E-state index contributed by atoms with van der Waals surface area (Å²) in [7, 11) is 0. The third-order valence-corrected chi connectivity index (χ3v) is 2.99. The van der Waals surface area contributed by atoms with Crippen molar-refractivity contribution in [2.24, 2.45) is 5.84 Å². The van der Waals surface area contributed by atoms with E-state index in [0.717, 1.165) is 6.20 Å². The van der Waals surface area contributed by atoms with Crippen molar-refractivity contribution in [2.45, 2.75) is 45.0 Å². The highest BCUT2D eigenvalue weighted by molar-refractivity contribution is 5.42. The Kier molecular flexibility index (Phi) is 4.30. The first-order chi connectivity index (χ1) is 9.49. The maximum Gasteiger partial charge on any atom is 0.349 e. The zero-order valence-corrected chi connectivity index (χ0v) is 11.3. The average Bonchev–Trinajstić information content (AvgIpc) is 2.37. The van der Waals surface area contributed by atoms with E-state index in [-0.39, 0.29) is 35.8 Å². The fraction of sp³-hybridized carbons (Fsp3) is 0.636. The second kappa shape index (κ2) is 5.97. The fourth-order valence-electron chi connectivity index (χ4n) is 2.24. The summed E-state index contributed by atoms with van der Waals surface area (Å²) in [6.07, 6.45) is 2.26. The minimum Gasteiger partial charge on any atom is -0.469 e. The van der Waals surface area contributed by atoms with Crippen LogP contribution in [0.2, 0.25) is 0 Å². The van der Waals surface area contributed by atoms with E-state index in [9.17, 15) is 10.1 Å². The molecule has 9 nitrogen and oxygen atoms in total. The molecule has 0 amide bonds. The number of nitrogens with zero attached hydrogens (tertiary/aromatic N) is 3. The molecule has 0 saturated carbocycles. The second-order valence-electron chi connectivity index (χ2n) is 4.75. The van der Waals surface area contributed by atoms with Gasteiger partial charge in [0.25, 0.3) is 5.88 Å². The first-order valence-electron chi connectivity index (χ1n) is 6.29. The highest BCUT2D eigenvalue weighted by Crippen LogP contribution is 2.29. The molecule has 0 spiro atoms. The Morgan fingerprint density at radius 1 is 1.50 bits per heavy atom. The van der Waals surface area contributed by atoms with Gasteiger partial charge >= 0.3 is 5.69 Å². The van der Waals surface area contributed by atoms with Gasteiger partial charge in [-0.25, -0.2) is 10.8 Å². The smallest absolute Gasteiger partial charge is 0.349 e. The van der Waals surface area contributed by atoms with Gasteiger partial charge in [0, 0.05) is 12.8 Å².